The first kappa shape index (κ1) is 26.3. The smallest absolute Gasteiger partial charge is 0.240 e. The highest BCUT2D eigenvalue weighted by molar-refractivity contribution is 14.0. The predicted octanol–water partition coefficient (Wildman–Crippen LogP) is 3.38. The predicted molar refractivity (Wildman–Crippen MR) is 130 cm³/mol. The topological polar surface area (TPSA) is 82.6 Å². The lowest BCUT2D eigenvalue weighted by Crippen LogP contribution is -2.43. The van der Waals surface area contributed by atoms with Crippen LogP contribution in [0.25, 0.3) is 0 Å². The van der Waals surface area contributed by atoms with Crippen LogP contribution in [0.2, 0.25) is 0 Å². The molecule has 0 unspecified atom stereocenters. The van der Waals surface area contributed by atoms with Crippen molar-refractivity contribution < 1.29 is 12.8 Å². The van der Waals surface area contributed by atoms with E-state index in [1.165, 1.54) is 13.1 Å². The molecular weight excluding hydrogens is 518 g/mol. The Morgan fingerprint density at radius 3 is 2.43 bits per heavy atom. The molecule has 6 nitrogen and oxygen atoms in total. The molecule has 0 atom stereocenters. The van der Waals surface area contributed by atoms with Crippen molar-refractivity contribution in [2.75, 3.05) is 20.1 Å². The standard InChI is InChI=1S/C21H29FN4O2S.HI/c1-5-24-20(26-15-21(2,3)17-9-7-10-18(22)13-17)25-14-16-8-6-11-19(12-16)29(27,28)23-4;/h6-13,23H,5,14-15H2,1-4H3,(H2,24,25,26);1H. The summed E-state index contributed by atoms with van der Waals surface area (Å²) >= 11 is 0. The molecule has 0 aromatic heterocycles. The number of nitrogens with zero attached hydrogens (tertiary/aromatic N) is 1. The van der Waals surface area contributed by atoms with E-state index in [9.17, 15) is 12.8 Å². The van der Waals surface area contributed by atoms with E-state index in [2.05, 4.69) is 20.3 Å². The number of sulfonamides is 1. The molecule has 9 heteroatoms. The van der Waals surface area contributed by atoms with E-state index in [-0.39, 0.29) is 40.1 Å². The molecule has 0 aliphatic heterocycles. The van der Waals surface area contributed by atoms with Gasteiger partial charge in [0.1, 0.15) is 5.82 Å². The van der Waals surface area contributed by atoms with Crippen molar-refractivity contribution in [3.05, 3.63) is 65.5 Å². The second-order valence-electron chi connectivity index (χ2n) is 7.30. The molecule has 0 bridgehead atoms. The van der Waals surface area contributed by atoms with E-state index in [1.807, 2.05) is 32.9 Å². The van der Waals surface area contributed by atoms with Crippen molar-refractivity contribution in [3.63, 3.8) is 0 Å². The Balaban J connectivity index is 0.00000450. The van der Waals surface area contributed by atoms with Crippen LogP contribution in [-0.4, -0.2) is 34.5 Å². The highest BCUT2D eigenvalue weighted by Crippen LogP contribution is 2.22. The molecule has 0 spiro atoms. The normalized spacial score (nSPS) is 12.2. The minimum absolute atomic E-state index is 0. The lowest BCUT2D eigenvalue weighted by Gasteiger charge is -2.27. The Kier molecular flexibility index (Phi) is 10.2. The lowest BCUT2D eigenvalue weighted by molar-refractivity contribution is 0.503. The fourth-order valence-corrected chi connectivity index (χ4v) is 3.56. The van der Waals surface area contributed by atoms with Crippen molar-refractivity contribution in [1.29, 1.82) is 0 Å². The Labute approximate surface area is 195 Å². The van der Waals surface area contributed by atoms with Crippen molar-refractivity contribution in [1.82, 2.24) is 15.4 Å². The molecule has 30 heavy (non-hydrogen) atoms. The monoisotopic (exact) mass is 548 g/mol. The molecular formula is C21H30FIN4O2S. The van der Waals surface area contributed by atoms with Crippen LogP contribution in [0.1, 0.15) is 31.9 Å². The quantitative estimate of drug-likeness (QED) is 0.269. The molecule has 0 radical (unpaired) electrons. The summed E-state index contributed by atoms with van der Waals surface area (Å²) in [4.78, 5) is 4.76. The van der Waals surface area contributed by atoms with Gasteiger partial charge in [-0.1, -0.05) is 38.1 Å². The number of benzene rings is 2. The maximum atomic E-state index is 13.6. The number of guanidine groups is 1. The molecule has 0 aliphatic carbocycles. The first-order chi connectivity index (χ1) is 13.7. The first-order valence-electron chi connectivity index (χ1n) is 9.48. The van der Waals surface area contributed by atoms with Gasteiger partial charge in [-0.25, -0.2) is 22.5 Å². The Morgan fingerprint density at radius 1 is 1.10 bits per heavy atom. The van der Waals surface area contributed by atoms with Crippen LogP contribution in [0.3, 0.4) is 0 Å². The zero-order valence-corrected chi connectivity index (χ0v) is 20.8. The molecule has 2 rings (SSSR count). The molecule has 0 saturated carbocycles. The van der Waals surface area contributed by atoms with Crippen LogP contribution in [0, 0.1) is 5.82 Å². The number of rotatable bonds is 8. The lowest BCUT2D eigenvalue weighted by atomic mass is 9.84. The fourth-order valence-electron chi connectivity index (χ4n) is 2.76. The zero-order chi connectivity index (χ0) is 21.5. The molecule has 166 valence electrons. The van der Waals surface area contributed by atoms with Gasteiger partial charge in [0, 0.05) is 18.5 Å². The molecule has 2 aromatic rings. The third-order valence-electron chi connectivity index (χ3n) is 4.55. The highest BCUT2D eigenvalue weighted by Gasteiger charge is 2.21. The number of halogens is 2. The zero-order valence-electron chi connectivity index (χ0n) is 17.7. The summed E-state index contributed by atoms with van der Waals surface area (Å²) < 4.78 is 39.8. The highest BCUT2D eigenvalue weighted by atomic mass is 127. The van der Waals surface area contributed by atoms with Gasteiger partial charge in [0.2, 0.25) is 10.0 Å². The van der Waals surface area contributed by atoms with Crippen molar-refractivity contribution in [2.45, 2.75) is 37.6 Å². The van der Waals surface area contributed by atoms with Crippen molar-refractivity contribution in [2.24, 2.45) is 4.99 Å². The summed E-state index contributed by atoms with van der Waals surface area (Å²) in [5, 5.41) is 6.47. The van der Waals surface area contributed by atoms with Gasteiger partial charge in [-0.2, -0.15) is 0 Å². The maximum Gasteiger partial charge on any atom is 0.240 e. The van der Waals surface area contributed by atoms with E-state index in [1.54, 1.807) is 30.3 Å². The van der Waals surface area contributed by atoms with Gasteiger partial charge in [-0.05, 0) is 49.4 Å². The minimum Gasteiger partial charge on any atom is -0.357 e. The summed E-state index contributed by atoms with van der Waals surface area (Å²) in [7, 11) is -2.11. The van der Waals surface area contributed by atoms with Crippen LogP contribution >= 0.6 is 24.0 Å². The van der Waals surface area contributed by atoms with E-state index in [4.69, 9.17) is 0 Å². The summed E-state index contributed by atoms with van der Waals surface area (Å²) in [5.41, 5.74) is 1.37. The Morgan fingerprint density at radius 2 is 1.80 bits per heavy atom. The van der Waals surface area contributed by atoms with Crippen molar-refractivity contribution >= 4 is 40.0 Å². The van der Waals surface area contributed by atoms with E-state index in [0.29, 0.717) is 25.6 Å². The van der Waals surface area contributed by atoms with E-state index >= 15 is 0 Å². The van der Waals surface area contributed by atoms with Gasteiger partial charge in [-0.3, -0.25) is 0 Å². The SMILES string of the molecule is CCNC(=NCc1cccc(S(=O)(=O)NC)c1)NCC(C)(C)c1cccc(F)c1.I. The van der Waals surface area contributed by atoms with Crippen LogP contribution < -0.4 is 15.4 Å². The fraction of sp³-hybridized carbons (Fsp3) is 0.381. The van der Waals surface area contributed by atoms with E-state index in [0.717, 1.165) is 11.1 Å². The minimum atomic E-state index is -3.49. The Hall–Kier alpha value is -1.72. The summed E-state index contributed by atoms with van der Waals surface area (Å²) in [6, 6.07) is 13.3. The molecule has 0 fully saturated rings. The molecule has 2 aromatic carbocycles. The van der Waals surface area contributed by atoms with Gasteiger partial charge in [0.15, 0.2) is 5.96 Å². The first-order valence-corrected chi connectivity index (χ1v) is 11.0. The van der Waals surface area contributed by atoms with Gasteiger partial charge < -0.3 is 10.6 Å². The molecule has 3 N–H and O–H groups in total. The largest absolute Gasteiger partial charge is 0.357 e. The number of aliphatic imine (C=N–C) groups is 1. The summed E-state index contributed by atoms with van der Waals surface area (Å²) in [6.07, 6.45) is 0. The average molecular weight is 548 g/mol. The Bertz CT molecular complexity index is 965. The third kappa shape index (κ3) is 7.51. The summed E-state index contributed by atoms with van der Waals surface area (Å²) in [5.74, 6) is 0.353. The number of hydrogen-bond acceptors (Lipinski definition) is 3. The average Bonchev–Trinajstić information content (AvgIpc) is 2.70. The van der Waals surface area contributed by atoms with Crippen molar-refractivity contribution in [3.8, 4) is 0 Å². The number of hydrogen-bond donors (Lipinski definition) is 3. The van der Waals surface area contributed by atoms with Gasteiger partial charge in [0.25, 0.3) is 0 Å². The molecule has 0 heterocycles. The second-order valence-corrected chi connectivity index (χ2v) is 9.18. The van der Waals surface area contributed by atoms with Crippen LogP contribution in [0.5, 0.6) is 0 Å². The molecule has 0 amide bonds. The molecule has 0 saturated heterocycles. The maximum absolute atomic E-state index is 13.6. The van der Waals surface area contributed by atoms with Crippen LogP contribution in [-0.2, 0) is 22.0 Å². The van der Waals surface area contributed by atoms with E-state index < -0.39 is 10.0 Å². The molecule has 0 aliphatic rings. The summed E-state index contributed by atoms with van der Waals surface area (Å²) in [6.45, 7) is 7.59. The van der Waals surface area contributed by atoms with Gasteiger partial charge in [0.05, 0.1) is 11.4 Å². The number of nitrogens with one attached hydrogen (secondary N) is 3. The van der Waals surface area contributed by atoms with Gasteiger partial charge in [-0.15, -0.1) is 24.0 Å². The second kappa shape index (κ2) is 11.6. The van der Waals surface area contributed by atoms with Crippen LogP contribution in [0.15, 0.2) is 58.4 Å². The van der Waals surface area contributed by atoms with Crippen LogP contribution in [0.4, 0.5) is 4.39 Å². The van der Waals surface area contributed by atoms with Gasteiger partial charge >= 0.3 is 0 Å². The third-order valence-corrected chi connectivity index (χ3v) is 5.96.